The molecule has 7 nitrogen and oxygen atoms in total. The van der Waals surface area contributed by atoms with Gasteiger partial charge in [0.25, 0.3) is 11.5 Å². The van der Waals surface area contributed by atoms with Crippen LogP contribution >= 0.6 is 0 Å². The number of hydrogen-bond acceptors (Lipinski definition) is 5. The molecule has 0 fully saturated rings. The van der Waals surface area contributed by atoms with E-state index in [1.54, 1.807) is 29.3 Å². The van der Waals surface area contributed by atoms with E-state index < -0.39 is 0 Å². The van der Waals surface area contributed by atoms with Crippen LogP contribution in [0.1, 0.15) is 29.8 Å². The highest BCUT2D eigenvalue weighted by molar-refractivity contribution is 5.94. The van der Waals surface area contributed by atoms with Gasteiger partial charge in [-0.3, -0.25) is 14.0 Å². The first-order valence-corrected chi connectivity index (χ1v) is 8.70. The number of amides is 1. The van der Waals surface area contributed by atoms with Crippen LogP contribution in [0.2, 0.25) is 0 Å². The van der Waals surface area contributed by atoms with Crippen molar-refractivity contribution in [3.05, 3.63) is 70.3 Å². The molecule has 0 aliphatic carbocycles. The topological polar surface area (TPSA) is 73.1 Å². The van der Waals surface area contributed by atoms with Crippen molar-refractivity contribution in [3.63, 3.8) is 0 Å². The standard InChI is InChI=1S/C20H19N3O4/c1-13(2)23(11-14-6-7-16-17(9-14)27-12-26-16)20(25)15-10-21-18-5-3-4-8-22(18)19(15)24/h3-10,13H,11-12H2,1-2H3. The summed E-state index contributed by atoms with van der Waals surface area (Å²) in [5.41, 5.74) is 1.08. The zero-order valence-electron chi connectivity index (χ0n) is 15.1. The molecule has 4 rings (SSSR count). The normalized spacial score (nSPS) is 12.6. The smallest absolute Gasteiger partial charge is 0.270 e. The lowest BCUT2D eigenvalue weighted by Crippen LogP contribution is -2.39. The number of ether oxygens (including phenoxy) is 2. The second-order valence-electron chi connectivity index (χ2n) is 6.62. The SMILES string of the molecule is CC(C)N(Cc1ccc2c(c1)OCO2)C(=O)c1cnc2ccccn2c1=O. The second kappa shape index (κ2) is 6.75. The fraction of sp³-hybridized carbons (Fsp3) is 0.250. The molecule has 0 saturated carbocycles. The number of aromatic nitrogens is 2. The summed E-state index contributed by atoms with van der Waals surface area (Å²) in [7, 11) is 0. The van der Waals surface area contributed by atoms with Crippen LogP contribution in [0.25, 0.3) is 5.65 Å². The van der Waals surface area contributed by atoms with E-state index >= 15 is 0 Å². The molecule has 2 aromatic heterocycles. The number of pyridine rings is 1. The molecule has 0 unspecified atom stereocenters. The Morgan fingerprint density at radius 3 is 2.85 bits per heavy atom. The van der Waals surface area contributed by atoms with Crippen molar-refractivity contribution in [2.24, 2.45) is 0 Å². The van der Waals surface area contributed by atoms with Crippen LogP contribution in [0, 0.1) is 0 Å². The molecular weight excluding hydrogens is 346 g/mol. The summed E-state index contributed by atoms with van der Waals surface area (Å²) in [4.78, 5) is 31.7. The lowest BCUT2D eigenvalue weighted by atomic mass is 10.1. The van der Waals surface area contributed by atoms with Crippen LogP contribution in [0.4, 0.5) is 0 Å². The van der Waals surface area contributed by atoms with Crippen LogP contribution in [-0.2, 0) is 6.54 Å². The van der Waals surface area contributed by atoms with E-state index in [2.05, 4.69) is 4.98 Å². The van der Waals surface area contributed by atoms with Gasteiger partial charge >= 0.3 is 0 Å². The maximum atomic E-state index is 13.1. The quantitative estimate of drug-likeness (QED) is 0.710. The Kier molecular flexibility index (Phi) is 4.27. The maximum Gasteiger partial charge on any atom is 0.270 e. The molecule has 0 spiro atoms. The van der Waals surface area contributed by atoms with Gasteiger partial charge in [-0.05, 0) is 43.7 Å². The third-order valence-electron chi connectivity index (χ3n) is 4.52. The minimum Gasteiger partial charge on any atom is -0.454 e. The molecule has 27 heavy (non-hydrogen) atoms. The Morgan fingerprint density at radius 2 is 2.04 bits per heavy atom. The predicted octanol–water partition coefficient (Wildman–Crippen LogP) is 2.47. The lowest BCUT2D eigenvalue weighted by Gasteiger charge is -2.26. The summed E-state index contributed by atoms with van der Waals surface area (Å²) in [6, 6.07) is 10.7. The van der Waals surface area contributed by atoms with Gasteiger partial charge in [-0.1, -0.05) is 12.1 Å². The zero-order chi connectivity index (χ0) is 19.0. The minimum absolute atomic E-state index is 0.0492. The Labute approximate surface area is 155 Å². The van der Waals surface area contributed by atoms with E-state index in [-0.39, 0.29) is 29.9 Å². The number of benzene rings is 1. The summed E-state index contributed by atoms with van der Waals surface area (Å²) in [6.45, 7) is 4.38. The first kappa shape index (κ1) is 17.1. The monoisotopic (exact) mass is 365 g/mol. The van der Waals surface area contributed by atoms with E-state index in [1.165, 1.54) is 10.6 Å². The average Bonchev–Trinajstić information content (AvgIpc) is 3.14. The molecule has 0 N–H and O–H groups in total. The number of fused-ring (bicyclic) bond motifs is 2. The number of carbonyl (C=O) groups excluding carboxylic acids is 1. The van der Waals surface area contributed by atoms with Gasteiger partial charge in [-0.2, -0.15) is 0 Å². The molecule has 3 heterocycles. The van der Waals surface area contributed by atoms with Gasteiger partial charge in [0.1, 0.15) is 11.2 Å². The van der Waals surface area contributed by atoms with Crippen molar-refractivity contribution in [3.8, 4) is 11.5 Å². The Morgan fingerprint density at radius 1 is 1.22 bits per heavy atom. The molecule has 1 aliphatic rings. The summed E-state index contributed by atoms with van der Waals surface area (Å²) >= 11 is 0. The van der Waals surface area contributed by atoms with Crippen molar-refractivity contribution < 1.29 is 14.3 Å². The summed E-state index contributed by atoms with van der Waals surface area (Å²) in [6.07, 6.45) is 2.97. The Balaban J connectivity index is 1.67. The van der Waals surface area contributed by atoms with Crippen molar-refractivity contribution in [1.82, 2.24) is 14.3 Å². The number of rotatable bonds is 4. The largest absolute Gasteiger partial charge is 0.454 e. The summed E-state index contributed by atoms with van der Waals surface area (Å²) < 4.78 is 12.1. The van der Waals surface area contributed by atoms with Crippen molar-refractivity contribution in [2.45, 2.75) is 26.4 Å². The molecule has 0 radical (unpaired) electrons. The van der Waals surface area contributed by atoms with Crippen molar-refractivity contribution in [2.75, 3.05) is 6.79 Å². The van der Waals surface area contributed by atoms with E-state index in [0.29, 0.717) is 23.7 Å². The van der Waals surface area contributed by atoms with Crippen LogP contribution in [0.3, 0.4) is 0 Å². The number of carbonyl (C=O) groups is 1. The highest BCUT2D eigenvalue weighted by atomic mass is 16.7. The highest BCUT2D eigenvalue weighted by Gasteiger charge is 2.24. The van der Waals surface area contributed by atoms with Gasteiger partial charge in [0.05, 0.1) is 0 Å². The molecule has 1 amide bonds. The molecule has 138 valence electrons. The number of nitrogens with zero attached hydrogens (tertiary/aromatic N) is 3. The molecule has 1 aromatic carbocycles. The van der Waals surface area contributed by atoms with Gasteiger partial charge in [0.2, 0.25) is 6.79 Å². The minimum atomic E-state index is -0.373. The van der Waals surface area contributed by atoms with E-state index in [1.807, 2.05) is 32.0 Å². The third-order valence-corrected chi connectivity index (χ3v) is 4.52. The van der Waals surface area contributed by atoms with E-state index in [0.717, 1.165) is 5.56 Å². The zero-order valence-corrected chi connectivity index (χ0v) is 15.1. The molecule has 0 saturated heterocycles. The van der Waals surface area contributed by atoms with Crippen LogP contribution in [-0.4, -0.2) is 33.0 Å². The average molecular weight is 365 g/mol. The van der Waals surface area contributed by atoms with Gasteiger partial charge in [-0.25, -0.2) is 4.98 Å². The Hall–Kier alpha value is -3.35. The van der Waals surface area contributed by atoms with Crippen LogP contribution in [0.5, 0.6) is 11.5 Å². The van der Waals surface area contributed by atoms with Gasteiger partial charge in [0.15, 0.2) is 11.5 Å². The molecule has 3 aromatic rings. The molecule has 0 bridgehead atoms. The number of hydrogen-bond donors (Lipinski definition) is 0. The van der Waals surface area contributed by atoms with Gasteiger partial charge in [0, 0.05) is 25.0 Å². The lowest BCUT2D eigenvalue weighted by molar-refractivity contribution is 0.0687. The van der Waals surface area contributed by atoms with Crippen LogP contribution in [0.15, 0.2) is 53.6 Å². The van der Waals surface area contributed by atoms with Gasteiger partial charge < -0.3 is 14.4 Å². The van der Waals surface area contributed by atoms with Crippen molar-refractivity contribution >= 4 is 11.6 Å². The first-order valence-electron chi connectivity index (χ1n) is 8.70. The van der Waals surface area contributed by atoms with Crippen molar-refractivity contribution in [1.29, 1.82) is 0 Å². The maximum absolute atomic E-state index is 13.1. The fourth-order valence-electron chi connectivity index (χ4n) is 3.05. The van der Waals surface area contributed by atoms with E-state index in [4.69, 9.17) is 9.47 Å². The molecular formula is C20H19N3O4. The molecule has 7 heteroatoms. The highest BCUT2D eigenvalue weighted by Crippen LogP contribution is 2.33. The van der Waals surface area contributed by atoms with E-state index in [9.17, 15) is 9.59 Å². The van der Waals surface area contributed by atoms with Gasteiger partial charge in [-0.15, -0.1) is 0 Å². The second-order valence-corrected chi connectivity index (χ2v) is 6.62. The summed E-state index contributed by atoms with van der Waals surface area (Å²) in [5, 5.41) is 0. The molecule has 1 aliphatic heterocycles. The fourth-order valence-corrected chi connectivity index (χ4v) is 3.05. The molecule has 0 atom stereocenters. The predicted molar refractivity (Wildman–Crippen MR) is 99.0 cm³/mol. The first-order chi connectivity index (χ1) is 13.0. The Bertz CT molecular complexity index is 1070. The van der Waals surface area contributed by atoms with Crippen LogP contribution < -0.4 is 15.0 Å². The summed E-state index contributed by atoms with van der Waals surface area (Å²) in [5.74, 6) is 1.01. The third kappa shape index (κ3) is 3.12.